The molecule has 0 spiro atoms. The van der Waals surface area contributed by atoms with Crippen molar-refractivity contribution in [2.45, 2.75) is 0 Å². The third-order valence-electron chi connectivity index (χ3n) is 10.00. The predicted octanol–water partition coefficient (Wildman–Crippen LogP) is 14.3. The number of thiophene rings is 1. The number of anilines is 3. The molecule has 10 rings (SSSR count). The highest BCUT2D eigenvalue weighted by Crippen LogP contribution is 2.42. The van der Waals surface area contributed by atoms with Crippen LogP contribution >= 0.6 is 11.3 Å². The standard InChI is InChI=1S/C48H31NS/c1-3-9-37-27-41(18-17-32(37)7-1)36-15-13-34(14-16-36)35-19-22-42(23-20-35)49(43-24-21-33-8-2-4-10-38(33)28-43)44-25-26-47-46(31-44)45-29-39-11-5-6-12-40(39)30-48(45)50-47/h1-31H. The van der Waals surface area contributed by atoms with Gasteiger partial charge in [-0.2, -0.15) is 0 Å². The summed E-state index contributed by atoms with van der Waals surface area (Å²) in [6.07, 6.45) is 0. The lowest BCUT2D eigenvalue weighted by Crippen LogP contribution is -2.09. The monoisotopic (exact) mass is 653 g/mol. The Morgan fingerprint density at radius 1 is 0.280 bits per heavy atom. The second-order valence-electron chi connectivity index (χ2n) is 13.0. The van der Waals surface area contributed by atoms with Gasteiger partial charge in [-0.25, -0.2) is 0 Å². The lowest BCUT2D eigenvalue weighted by molar-refractivity contribution is 1.30. The van der Waals surface area contributed by atoms with Gasteiger partial charge in [0.25, 0.3) is 0 Å². The topological polar surface area (TPSA) is 3.24 Å². The Balaban J connectivity index is 1.05. The highest BCUT2D eigenvalue weighted by molar-refractivity contribution is 7.25. The first-order valence-electron chi connectivity index (χ1n) is 17.1. The van der Waals surface area contributed by atoms with Gasteiger partial charge in [-0.1, -0.05) is 127 Å². The predicted molar refractivity (Wildman–Crippen MR) is 217 cm³/mol. The first-order chi connectivity index (χ1) is 24.7. The van der Waals surface area contributed by atoms with Crippen molar-refractivity contribution >= 4 is 80.9 Å². The molecular formula is C48H31NS. The summed E-state index contributed by atoms with van der Waals surface area (Å²) in [6.45, 7) is 0. The maximum absolute atomic E-state index is 2.39. The summed E-state index contributed by atoms with van der Waals surface area (Å²) in [5.41, 5.74) is 8.28. The van der Waals surface area contributed by atoms with E-state index in [1.165, 1.54) is 74.7 Å². The fourth-order valence-corrected chi connectivity index (χ4v) is 8.50. The fraction of sp³-hybridized carbons (Fsp3) is 0. The average molecular weight is 654 g/mol. The summed E-state index contributed by atoms with van der Waals surface area (Å²) in [4.78, 5) is 2.39. The molecule has 0 amide bonds. The van der Waals surface area contributed by atoms with Crippen molar-refractivity contribution in [3.63, 3.8) is 0 Å². The van der Waals surface area contributed by atoms with Crippen LogP contribution in [0.1, 0.15) is 0 Å². The van der Waals surface area contributed by atoms with Gasteiger partial charge >= 0.3 is 0 Å². The number of hydrogen-bond donors (Lipinski definition) is 0. The van der Waals surface area contributed by atoms with Crippen LogP contribution in [0.25, 0.3) is 74.7 Å². The van der Waals surface area contributed by atoms with E-state index in [1.54, 1.807) is 0 Å². The van der Waals surface area contributed by atoms with Crippen molar-refractivity contribution in [3.8, 4) is 22.3 Å². The molecule has 10 aromatic rings. The van der Waals surface area contributed by atoms with Crippen LogP contribution in [0.2, 0.25) is 0 Å². The molecule has 0 aliphatic carbocycles. The molecule has 0 fully saturated rings. The Hall–Kier alpha value is -6.22. The molecule has 0 aliphatic heterocycles. The summed E-state index contributed by atoms with van der Waals surface area (Å²) in [6, 6.07) is 68.8. The quantitative estimate of drug-likeness (QED) is 0.179. The molecule has 0 N–H and O–H groups in total. The highest BCUT2D eigenvalue weighted by atomic mass is 32.1. The van der Waals surface area contributed by atoms with Gasteiger partial charge in [0, 0.05) is 37.2 Å². The molecule has 0 saturated carbocycles. The Morgan fingerprint density at radius 3 is 1.40 bits per heavy atom. The van der Waals surface area contributed by atoms with E-state index in [0.29, 0.717) is 0 Å². The summed E-state index contributed by atoms with van der Waals surface area (Å²) in [5, 5.41) is 10.2. The Kier molecular flexibility index (Phi) is 6.75. The Morgan fingerprint density at radius 2 is 0.720 bits per heavy atom. The third kappa shape index (κ3) is 5.01. The molecule has 0 atom stereocenters. The lowest BCUT2D eigenvalue weighted by Gasteiger charge is -2.26. The van der Waals surface area contributed by atoms with Crippen LogP contribution in [0.3, 0.4) is 0 Å². The van der Waals surface area contributed by atoms with Gasteiger partial charge in [0.1, 0.15) is 0 Å². The van der Waals surface area contributed by atoms with Crippen LogP contribution in [0.15, 0.2) is 188 Å². The van der Waals surface area contributed by atoms with Crippen molar-refractivity contribution in [2.75, 3.05) is 4.90 Å². The molecule has 234 valence electrons. The molecule has 0 aliphatic rings. The molecule has 0 saturated heterocycles. The van der Waals surface area contributed by atoms with Crippen molar-refractivity contribution in [1.82, 2.24) is 0 Å². The van der Waals surface area contributed by atoms with E-state index >= 15 is 0 Å². The van der Waals surface area contributed by atoms with Gasteiger partial charge in [-0.15, -0.1) is 11.3 Å². The van der Waals surface area contributed by atoms with E-state index in [0.717, 1.165) is 17.1 Å². The van der Waals surface area contributed by atoms with E-state index < -0.39 is 0 Å². The van der Waals surface area contributed by atoms with E-state index in [2.05, 4.69) is 193 Å². The summed E-state index contributed by atoms with van der Waals surface area (Å²) < 4.78 is 2.63. The first-order valence-corrected chi connectivity index (χ1v) is 17.9. The largest absolute Gasteiger partial charge is 0.310 e. The van der Waals surface area contributed by atoms with Crippen LogP contribution in [0.5, 0.6) is 0 Å². The van der Waals surface area contributed by atoms with Gasteiger partial charge < -0.3 is 4.90 Å². The van der Waals surface area contributed by atoms with Crippen LogP contribution in [0.4, 0.5) is 17.1 Å². The minimum atomic E-state index is 1.13. The van der Waals surface area contributed by atoms with Crippen molar-refractivity contribution in [1.29, 1.82) is 0 Å². The van der Waals surface area contributed by atoms with Gasteiger partial charge in [-0.3, -0.25) is 0 Å². The Labute approximate surface area is 294 Å². The second kappa shape index (κ2) is 11.7. The molecule has 2 heteroatoms. The normalized spacial score (nSPS) is 11.6. The SMILES string of the molecule is c1ccc2cc(-c3ccc(-c4ccc(N(c5ccc6ccccc6c5)c5ccc6sc7cc8ccccc8cc7c6c5)cc4)cc3)ccc2c1. The second-order valence-corrected chi connectivity index (χ2v) is 14.1. The van der Waals surface area contributed by atoms with Crippen LogP contribution in [-0.2, 0) is 0 Å². The lowest BCUT2D eigenvalue weighted by atomic mass is 9.98. The van der Waals surface area contributed by atoms with Crippen molar-refractivity contribution in [2.24, 2.45) is 0 Å². The Bertz CT molecular complexity index is 2860. The molecule has 0 unspecified atom stereocenters. The summed E-state index contributed by atoms with van der Waals surface area (Å²) in [5.74, 6) is 0. The minimum absolute atomic E-state index is 1.13. The maximum atomic E-state index is 2.39. The molecule has 9 aromatic carbocycles. The van der Waals surface area contributed by atoms with Gasteiger partial charge in [0.15, 0.2) is 0 Å². The smallest absolute Gasteiger partial charge is 0.0468 e. The molecule has 1 aromatic heterocycles. The summed E-state index contributed by atoms with van der Waals surface area (Å²) in [7, 11) is 0. The third-order valence-corrected chi connectivity index (χ3v) is 11.1. The molecule has 0 radical (unpaired) electrons. The van der Waals surface area contributed by atoms with E-state index in [9.17, 15) is 0 Å². The molecule has 50 heavy (non-hydrogen) atoms. The minimum Gasteiger partial charge on any atom is -0.310 e. The number of rotatable bonds is 5. The maximum Gasteiger partial charge on any atom is 0.0468 e. The summed E-state index contributed by atoms with van der Waals surface area (Å²) >= 11 is 1.87. The van der Waals surface area contributed by atoms with Gasteiger partial charge in [0.05, 0.1) is 0 Å². The highest BCUT2D eigenvalue weighted by Gasteiger charge is 2.16. The van der Waals surface area contributed by atoms with E-state index in [1.807, 2.05) is 11.3 Å². The molecule has 1 heterocycles. The molecule has 1 nitrogen and oxygen atoms in total. The van der Waals surface area contributed by atoms with Crippen LogP contribution in [-0.4, -0.2) is 0 Å². The van der Waals surface area contributed by atoms with E-state index in [4.69, 9.17) is 0 Å². The average Bonchev–Trinajstić information content (AvgIpc) is 3.54. The van der Waals surface area contributed by atoms with Crippen molar-refractivity contribution in [3.05, 3.63) is 188 Å². The zero-order chi connectivity index (χ0) is 33.0. The van der Waals surface area contributed by atoms with Crippen molar-refractivity contribution < 1.29 is 0 Å². The van der Waals surface area contributed by atoms with Gasteiger partial charge in [0.2, 0.25) is 0 Å². The van der Waals surface area contributed by atoms with Crippen LogP contribution in [0, 0.1) is 0 Å². The number of hydrogen-bond acceptors (Lipinski definition) is 2. The zero-order valence-corrected chi connectivity index (χ0v) is 28.1. The van der Waals surface area contributed by atoms with Crippen LogP contribution < -0.4 is 4.90 Å². The zero-order valence-electron chi connectivity index (χ0n) is 27.3. The van der Waals surface area contributed by atoms with Gasteiger partial charge in [-0.05, 0) is 115 Å². The van der Waals surface area contributed by atoms with E-state index in [-0.39, 0.29) is 0 Å². The molecule has 0 bridgehead atoms. The first kappa shape index (κ1) is 28.8. The number of nitrogens with zero attached hydrogens (tertiary/aromatic N) is 1. The number of benzene rings is 9. The number of fused-ring (bicyclic) bond motifs is 6. The molecular weight excluding hydrogens is 623 g/mol. The fourth-order valence-electron chi connectivity index (χ4n) is 7.38.